The molecule has 2 aliphatic rings. The van der Waals surface area contributed by atoms with E-state index in [1.807, 2.05) is 11.3 Å². The molecular weight excluding hydrogens is 178 g/mol. The van der Waals surface area contributed by atoms with Gasteiger partial charge in [0.1, 0.15) is 0 Å². The number of thiophene rings is 1. The Labute approximate surface area is 83.2 Å². The molecule has 2 heterocycles. The summed E-state index contributed by atoms with van der Waals surface area (Å²) < 4.78 is 0. The van der Waals surface area contributed by atoms with Crippen LogP contribution in [0.2, 0.25) is 0 Å². The zero-order chi connectivity index (χ0) is 8.73. The fraction of sp³-hybridized carbons (Fsp3) is 0.636. The summed E-state index contributed by atoms with van der Waals surface area (Å²) in [6.07, 6.45) is 5.49. The molecule has 1 aromatic rings. The molecule has 1 saturated heterocycles. The average Bonchev–Trinajstić information content (AvgIpc) is 2.74. The van der Waals surface area contributed by atoms with Crippen LogP contribution in [0, 0.1) is 0 Å². The lowest BCUT2D eigenvalue weighted by molar-refractivity contribution is 0.397. The molecular formula is C11H15NS. The van der Waals surface area contributed by atoms with Gasteiger partial charge in [0.15, 0.2) is 0 Å². The van der Waals surface area contributed by atoms with Crippen molar-refractivity contribution in [1.82, 2.24) is 5.32 Å². The zero-order valence-corrected chi connectivity index (χ0v) is 8.62. The minimum Gasteiger partial charge on any atom is -0.316 e. The van der Waals surface area contributed by atoms with Crippen LogP contribution >= 0.6 is 11.3 Å². The molecule has 1 spiro atoms. The van der Waals surface area contributed by atoms with Gasteiger partial charge in [-0.05, 0) is 49.2 Å². The molecule has 0 aromatic carbocycles. The Morgan fingerprint density at radius 1 is 1.38 bits per heavy atom. The van der Waals surface area contributed by atoms with Gasteiger partial charge in [0.25, 0.3) is 0 Å². The third-order valence-electron chi connectivity index (χ3n) is 3.62. The summed E-state index contributed by atoms with van der Waals surface area (Å²) in [5, 5.41) is 5.79. The fourth-order valence-corrected chi connectivity index (χ4v) is 3.96. The van der Waals surface area contributed by atoms with E-state index in [0.717, 1.165) is 0 Å². The molecule has 1 nitrogen and oxygen atoms in total. The van der Waals surface area contributed by atoms with Crippen molar-refractivity contribution < 1.29 is 0 Å². The summed E-state index contributed by atoms with van der Waals surface area (Å²) in [6, 6.07) is 2.37. The van der Waals surface area contributed by atoms with Crippen molar-refractivity contribution in [2.24, 2.45) is 0 Å². The first-order chi connectivity index (χ1) is 6.41. The molecule has 1 aromatic heterocycles. The number of fused-ring (bicyclic) bond motifs is 2. The van der Waals surface area contributed by atoms with E-state index in [0.29, 0.717) is 5.41 Å². The molecule has 1 aliphatic heterocycles. The van der Waals surface area contributed by atoms with Gasteiger partial charge < -0.3 is 5.32 Å². The largest absolute Gasteiger partial charge is 0.316 e. The molecule has 1 N–H and O–H groups in total. The maximum absolute atomic E-state index is 3.52. The van der Waals surface area contributed by atoms with E-state index in [1.165, 1.54) is 38.8 Å². The second-order valence-electron chi connectivity index (χ2n) is 4.32. The number of nitrogens with one attached hydrogen (secondary N) is 1. The van der Waals surface area contributed by atoms with Crippen LogP contribution in [-0.2, 0) is 11.8 Å². The Hall–Kier alpha value is -0.340. The second kappa shape index (κ2) is 2.82. The predicted molar refractivity (Wildman–Crippen MR) is 56.4 cm³/mol. The van der Waals surface area contributed by atoms with Crippen LogP contribution in [0.5, 0.6) is 0 Å². The van der Waals surface area contributed by atoms with E-state index in [2.05, 4.69) is 16.8 Å². The summed E-state index contributed by atoms with van der Waals surface area (Å²) in [5.74, 6) is 0. The van der Waals surface area contributed by atoms with Crippen LogP contribution in [0.3, 0.4) is 0 Å². The maximum atomic E-state index is 3.52. The predicted octanol–water partition coefficient (Wildman–Crippen LogP) is 2.32. The molecule has 0 bridgehead atoms. The van der Waals surface area contributed by atoms with Gasteiger partial charge in [0.05, 0.1) is 0 Å². The van der Waals surface area contributed by atoms with Crippen LogP contribution in [-0.4, -0.2) is 13.1 Å². The van der Waals surface area contributed by atoms with Gasteiger partial charge in [-0.25, -0.2) is 0 Å². The van der Waals surface area contributed by atoms with Crippen LogP contribution in [0.1, 0.15) is 29.7 Å². The van der Waals surface area contributed by atoms with Crippen LogP contribution in [0.15, 0.2) is 11.4 Å². The fourth-order valence-electron chi connectivity index (χ4n) is 2.92. The van der Waals surface area contributed by atoms with E-state index in [4.69, 9.17) is 0 Å². The molecule has 13 heavy (non-hydrogen) atoms. The SMILES string of the molecule is c1cc2c(s1)CCC[C@]21CCNC1. The highest BCUT2D eigenvalue weighted by Crippen LogP contribution is 2.43. The van der Waals surface area contributed by atoms with Gasteiger partial charge in [-0.1, -0.05) is 0 Å². The highest BCUT2D eigenvalue weighted by molar-refractivity contribution is 7.10. The van der Waals surface area contributed by atoms with Crippen LogP contribution < -0.4 is 5.32 Å². The molecule has 1 aliphatic carbocycles. The Kier molecular flexibility index (Phi) is 1.74. The van der Waals surface area contributed by atoms with E-state index in [1.54, 1.807) is 10.4 Å². The lowest BCUT2D eigenvalue weighted by Gasteiger charge is -2.32. The zero-order valence-electron chi connectivity index (χ0n) is 7.81. The molecule has 0 radical (unpaired) electrons. The third-order valence-corrected chi connectivity index (χ3v) is 4.60. The summed E-state index contributed by atoms with van der Waals surface area (Å²) in [5.41, 5.74) is 2.21. The quantitative estimate of drug-likeness (QED) is 0.667. The molecule has 70 valence electrons. The van der Waals surface area contributed by atoms with Gasteiger partial charge in [0.2, 0.25) is 0 Å². The minimum atomic E-state index is 0.535. The highest BCUT2D eigenvalue weighted by atomic mass is 32.1. The normalized spacial score (nSPS) is 32.3. The molecule has 0 unspecified atom stereocenters. The lowest BCUT2D eigenvalue weighted by atomic mass is 9.72. The first kappa shape index (κ1) is 8.01. The standard InChI is InChI=1S/C11H15NS/c1-2-10-9(3-7-13-10)11(4-1)5-6-12-8-11/h3,7,12H,1-2,4-6,8H2/t11-/m1/s1. The summed E-state index contributed by atoms with van der Waals surface area (Å²) in [7, 11) is 0. The molecule has 2 heteroatoms. The number of aryl methyl sites for hydroxylation is 1. The summed E-state index contributed by atoms with van der Waals surface area (Å²) in [6.45, 7) is 2.44. The van der Waals surface area contributed by atoms with Gasteiger partial charge in [-0.3, -0.25) is 0 Å². The van der Waals surface area contributed by atoms with E-state index < -0.39 is 0 Å². The van der Waals surface area contributed by atoms with Gasteiger partial charge in [0, 0.05) is 16.8 Å². The third kappa shape index (κ3) is 1.09. The molecule has 0 amide bonds. The van der Waals surface area contributed by atoms with Crippen LogP contribution in [0.4, 0.5) is 0 Å². The summed E-state index contributed by atoms with van der Waals surface area (Å²) in [4.78, 5) is 1.66. The molecule has 0 saturated carbocycles. The lowest BCUT2D eigenvalue weighted by Crippen LogP contribution is -2.32. The van der Waals surface area contributed by atoms with E-state index in [-0.39, 0.29) is 0 Å². The second-order valence-corrected chi connectivity index (χ2v) is 5.32. The number of rotatable bonds is 0. The van der Waals surface area contributed by atoms with E-state index >= 15 is 0 Å². The minimum absolute atomic E-state index is 0.535. The Morgan fingerprint density at radius 2 is 2.38 bits per heavy atom. The number of hydrogen-bond donors (Lipinski definition) is 1. The summed E-state index contributed by atoms with van der Waals surface area (Å²) >= 11 is 1.96. The maximum Gasteiger partial charge on any atom is 0.0101 e. The van der Waals surface area contributed by atoms with Crippen molar-refractivity contribution in [3.05, 3.63) is 21.9 Å². The van der Waals surface area contributed by atoms with Gasteiger partial charge in [-0.2, -0.15) is 0 Å². The Bertz CT molecular complexity index is 310. The molecule has 1 atom stereocenters. The van der Waals surface area contributed by atoms with Crippen LogP contribution in [0.25, 0.3) is 0 Å². The smallest absolute Gasteiger partial charge is 0.0101 e. The monoisotopic (exact) mass is 193 g/mol. The van der Waals surface area contributed by atoms with Crippen molar-refractivity contribution in [3.63, 3.8) is 0 Å². The first-order valence-corrected chi connectivity index (χ1v) is 6.06. The van der Waals surface area contributed by atoms with Crippen molar-refractivity contribution in [2.45, 2.75) is 31.1 Å². The average molecular weight is 193 g/mol. The highest BCUT2D eigenvalue weighted by Gasteiger charge is 2.39. The van der Waals surface area contributed by atoms with E-state index in [9.17, 15) is 0 Å². The van der Waals surface area contributed by atoms with Gasteiger partial charge >= 0.3 is 0 Å². The Morgan fingerprint density at radius 3 is 3.23 bits per heavy atom. The van der Waals surface area contributed by atoms with Crippen molar-refractivity contribution in [2.75, 3.05) is 13.1 Å². The first-order valence-electron chi connectivity index (χ1n) is 5.18. The molecule has 1 fully saturated rings. The van der Waals surface area contributed by atoms with Crippen molar-refractivity contribution in [1.29, 1.82) is 0 Å². The Balaban J connectivity index is 2.08. The molecule has 3 rings (SSSR count). The van der Waals surface area contributed by atoms with Gasteiger partial charge in [-0.15, -0.1) is 11.3 Å². The topological polar surface area (TPSA) is 12.0 Å². The van der Waals surface area contributed by atoms with Crippen molar-refractivity contribution in [3.8, 4) is 0 Å². The number of hydrogen-bond acceptors (Lipinski definition) is 2. The van der Waals surface area contributed by atoms with Crippen molar-refractivity contribution >= 4 is 11.3 Å².